The van der Waals surface area contributed by atoms with Crippen LogP contribution in [-0.2, 0) is 23.6 Å². The molecule has 0 spiro atoms. The van der Waals surface area contributed by atoms with Crippen molar-refractivity contribution in [1.29, 1.82) is 0 Å². The average Bonchev–Trinajstić information content (AvgIpc) is 2.81. The van der Waals surface area contributed by atoms with E-state index in [1.165, 1.54) is 16.1 Å². The highest BCUT2D eigenvalue weighted by atomic mass is 32.2. The van der Waals surface area contributed by atoms with E-state index in [0.717, 1.165) is 49.2 Å². The number of aromatic nitrogens is 3. The molecule has 7 nitrogen and oxygen atoms in total. The number of nitrogens with zero attached hydrogens (tertiary/aromatic N) is 5. The van der Waals surface area contributed by atoms with E-state index in [-0.39, 0.29) is 6.04 Å². The van der Waals surface area contributed by atoms with Gasteiger partial charge in [0.2, 0.25) is 10.0 Å². The van der Waals surface area contributed by atoms with Crippen molar-refractivity contribution in [2.75, 3.05) is 26.4 Å². The number of fused-ring (bicyclic) bond motifs is 1. The molecule has 3 heterocycles. The summed E-state index contributed by atoms with van der Waals surface area (Å²) >= 11 is 0. The molecule has 0 aromatic carbocycles. The maximum atomic E-state index is 11.7. The van der Waals surface area contributed by atoms with Gasteiger partial charge in [0.05, 0.1) is 11.9 Å². The first kappa shape index (κ1) is 17.3. The Balaban J connectivity index is 1.65. The zero-order valence-corrected chi connectivity index (χ0v) is 15.5. The highest BCUT2D eigenvalue weighted by molar-refractivity contribution is 7.88. The highest BCUT2D eigenvalue weighted by Gasteiger charge is 2.27. The number of aryl methyl sites for hydroxylation is 2. The third kappa shape index (κ3) is 3.45. The van der Waals surface area contributed by atoms with Crippen LogP contribution >= 0.6 is 0 Å². The third-order valence-corrected chi connectivity index (χ3v) is 6.26. The molecule has 8 heteroatoms. The van der Waals surface area contributed by atoms with Crippen molar-refractivity contribution >= 4 is 21.1 Å². The largest absolute Gasteiger partial charge is 0.299 e. The zero-order chi connectivity index (χ0) is 17.5. The summed E-state index contributed by atoms with van der Waals surface area (Å²) in [6.45, 7) is 4.63. The molecule has 2 aromatic heterocycles. The third-order valence-electron chi connectivity index (χ3n) is 4.92. The number of pyridine rings is 1. The van der Waals surface area contributed by atoms with Gasteiger partial charge in [-0.3, -0.25) is 9.58 Å². The number of rotatable bonds is 4. The summed E-state index contributed by atoms with van der Waals surface area (Å²) in [5, 5.41) is 5.51. The van der Waals surface area contributed by atoms with Gasteiger partial charge in [0, 0.05) is 51.4 Å². The predicted molar refractivity (Wildman–Crippen MR) is 94.2 cm³/mol. The van der Waals surface area contributed by atoms with Crippen LogP contribution in [0.2, 0.25) is 0 Å². The molecule has 0 unspecified atom stereocenters. The number of piperidine rings is 1. The van der Waals surface area contributed by atoms with Crippen LogP contribution in [0, 0.1) is 6.92 Å². The molecule has 2 aromatic rings. The van der Waals surface area contributed by atoms with Crippen molar-refractivity contribution in [3.8, 4) is 0 Å². The number of hydrogen-bond acceptors (Lipinski definition) is 5. The van der Waals surface area contributed by atoms with Crippen molar-refractivity contribution < 1.29 is 8.42 Å². The minimum absolute atomic E-state index is 0.109. The Labute approximate surface area is 143 Å². The minimum atomic E-state index is -3.11. The summed E-state index contributed by atoms with van der Waals surface area (Å²) < 4.78 is 26.6. The van der Waals surface area contributed by atoms with Crippen LogP contribution in [-0.4, -0.2) is 64.8 Å². The van der Waals surface area contributed by atoms with Gasteiger partial charge < -0.3 is 0 Å². The van der Waals surface area contributed by atoms with Crippen molar-refractivity contribution in [3.05, 3.63) is 23.5 Å². The van der Waals surface area contributed by atoms with E-state index in [9.17, 15) is 8.42 Å². The van der Waals surface area contributed by atoms with Crippen LogP contribution in [0.1, 0.15) is 24.1 Å². The number of likely N-dealkylation sites (tertiary alicyclic amines) is 1. The van der Waals surface area contributed by atoms with E-state index < -0.39 is 10.0 Å². The SMILES string of the molecule is Cc1nn(C)c2ncc(CN3CCC(N(C)S(C)(=O)=O)CC3)cc12. The lowest BCUT2D eigenvalue weighted by molar-refractivity contribution is 0.164. The zero-order valence-electron chi connectivity index (χ0n) is 14.7. The van der Waals surface area contributed by atoms with Crippen molar-refractivity contribution in [2.24, 2.45) is 7.05 Å². The van der Waals surface area contributed by atoms with Crippen LogP contribution in [0.25, 0.3) is 11.0 Å². The quantitative estimate of drug-likeness (QED) is 0.826. The van der Waals surface area contributed by atoms with E-state index in [2.05, 4.69) is 21.0 Å². The maximum absolute atomic E-state index is 11.7. The smallest absolute Gasteiger partial charge is 0.211 e. The van der Waals surface area contributed by atoms with Gasteiger partial charge in [-0.1, -0.05) is 0 Å². The van der Waals surface area contributed by atoms with Gasteiger partial charge in [-0.15, -0.1) is 0 Å². The Morgan fingerprint density at radius 2 is 2.00 bits per heavy atom. The van der Waals surface area contributed by atoms with Crippen LogP contribution in [0.3, 0.4) is 0 Å². The minimum Gasteiger partial charge on any atom is -0.299 e. The second-order valence-electron chi connectivity index (χ2n) is 6.71. The lowest BCUT2D eigenvalue weighted by atomic mass is 10.0. The predicted octanol–water partition coefficient (Wildman–Crippen LogP) is 1.13. The van der Waals surface area contributed by atoms with Crippen LogP contribution in [0.15, 0.2) is 12.3 Å². The van der Waals surface area contributed by atoms with Crippen molar-refractivity contribution in [3.63, 3.8) is 0 Å². The Kier molecular flexibility index (Phi) is 4.63. The molecule has 0 N–H and O–H groups in total. The average molecular weight is 351 g/mol. The Hall–Kier alpha value is -1.51. The molecule has 24 heavy (non-hydrogen) atoms. The lowest BCUT2D eigenvalue weighted by Gasteiger charge is -2.35. The molecule has 0 amide bonds. The summed E-state index contributed by atoms with van der Waals surface area (Å²) in [4.78, 5) is 6.89. The molecule has 1 aliphatic heterocycles. The molecule has 0 aliphatic carbocycles. The summed E-state index contributed by atoms with van der Waals surface area (Å²) in [5.74, 6) is 0. The normalized spacial score (nSPS) is 17.9. The highest BCUT2D eigenvalue weighted by Crippen LogP contribution is 2.21. The van der Waals surface area contributed by atoms with Crippen molar-refractivity contribution in [2.45, 2.75) is 32.4 Å². The van der Waals surface area contributed by atoms with E-state index in [1.54, 1.807) is 11.7 Å². The van der Waals surface area contributed by atoms with Gasteiger partial charge in [0.25, 0.3) is 0 Å². The lowest BCUT2D eigenvalue weighted by Crippen LogP contribution is -2.44. The summed E-state index contributed by atoms with van der Waals surface area (Å²) in [7, 11) is 0.477. The van der Waals surface area contributed by atoms with Crippen LogP contribution < -0.4 is 0 Å². The number of sulfonamides is 1. The molecule has 1 aliphatic rings. The van der Waals surface area contributed by atoms with E-state index in [1.807, 2.05) is 20.2 Å². The van der Waals surface area contributed by atoms with Crippen LogP contribution in [0.5, 0.6) is 0 Å². The van der Waals surface area contributed by atoms with Crippen LogP contribution in [0.4, 0.5) is 0 Å². The topological polar surface area (TPSA) is 71.3 Å². The summed E-state index contributed by atoms with van der Waals surface area (Å²) in [5.41, 5.74) is 3.08. The van der Waals surface area contributed by atoms with E-state index >= 15 is 0 Å². The monoisotopic (exact) mass is 351 g/mol. The molecule has 0 bridgehead atoms. The first-order valence-corrected chi connectivity index (χ1v) is 10.0. The second kappa shape index (κ2) is 6.42. The number of hydrogen-bond donors (Lipinski definition) is 0. The Morgan fingerprint density at radius 1 is 1.33 bits per heavy atom. The molecule has 0 radical (unpaired) electrons. The van der Waals surface area contributed by atoms with Gasteiger partial charge in [0.15, 0.2) is 5.65 Å². The molecule has 0 saturated carbocycles. The second-order valence-corrected chi connectivity index (χ2v) is 8.75. The maximum Gasteiger partial charge on any atom is 0.211 e. The molecular weight excluding hydrogens is 326 g/mol. The molecule has 132 valence electrons. The Morgan fingerprint density at radius 3 is 2.62 bits per heavy atom. The fourth-order valence-electron chi connectivity index (χ4n) is 3.41. The van der Waals surface area contributed by atoms with Gasteiger partial charge >= 0.3 is 0 Å². The summed E-state index contributed by atoms with van der Waals surface area (Å²) in [6.07, 6.45) is 4.92. The fourth-order valence-corrected chi connectivity index (χ4v) is 4.16. The van der Waals surface area contributed by atoms with E-state index in [4.69, 9.17) is 0 Å². The van der Waals surface area contributed by atoms with Gasteiger partial charge in [-0.25, -0.2) is 17.7 Å². The molecule has 1 fully saturated rings. The standard InChI is InChI=1S/C16H25N5O2S/c1-12-15-9-13(10-17-16(15)19(2)18-12)11-21-7-5-14(6-8-21)20(3)24(4,22)23/h9-10,14H,5-8,11H2,1-4H3. The van der Waals surface area contributed by atoms with Gasteiger partial charge in [0.1, 0.15) is 0 Å². The first-order chi connectivity index (χ1) is 11.3. The van der Waals surface area contributed by atoms with Gasteiger partial charge in [-0.2, -0.15) is 5.10 Å². The Bertz CT molecular complexity index is 838. The fraction of sp³-hybridized carbons (Fsp3) is 0.625. The molecule has 0 atom stereocenters. The first-order valence-electron chi connectivity index (χ1n) is 8.19. The van der Waals surface area contributed by atoms with Gasteiger partial charge in [-0.05, 0) is 31.4 Å². The summed E-state index contributed by atoms with van der Waals surface area (Å²) in [6, 6.07) is 2.27. The van der Waals surface area contributed by atoms with Crippen molar-refractivity contribution in [1.82, 2.24) is 24.0 Å². The molecule has 1 saturated heterocycles. The van der Waals surface area contributed by atoms with E-state index in [0.29, 0.717) is 0 Å². The molecule has 3 rings (SSSR count). The molecular formula is C16H25N5O2S.